The Kier molecular flexibility index (Phi) is 71.0. The quantitative estimate of drug-likeness (QED) is 0.0169. The van der Waals surface area contributed by atoms with Crippen LogP contribution in [0.4, 0.5) is 0 Å². The fraction of sp³-hybridized carbons (Fsp3) is 0.687. The summed E-state index contributed by atoms with van der Waals surface area (Å²) in [7, 11) is -9.99. The number of rotatable bonds is 73. The SMILES string of the molecule is CC/C=C\C/C=C\C/C=C\C/C=C\C/C=C\C/C=C\CCC(=O)OCC(COP(=O)(O)OCC(O)COP(=O)(O)OCC(COC(=O)CCCCCCCCCCCCCCCCC)OC(=O)CCCCCCC/C=C\CCCCCC)OC(=O)CCCC/C=C\C/C=C\C/C=C\C/C=C\CC. The minimum Gasteiger partial charge on any atom is -0.462 e. The molecule has 0 amide bonds. The Hall–Kier alpha value is -4.80. The maximum absolute atomic E-state index is 13.1. The summed E-state index contributed by atoms with van der Waals surface area (Å²) in [5.74, 6) is -2.33. The fourth-order valence-electron chi connectivity index (χ4n) is 10.2. The average Bonchev–Trinajstić information content (AvgIpc) is 0.924. The normalized spacial score (nSPS) is 14.6. The molecule has 19 heteroatoms. The molecule has 0 aromatic heterocycles. The van der Waals surface area contributed by atoms with Gasteiger partial charge in [0.05, 0.1) is 26.4 Å². The van der Waals surface area contributed by atoms with Gasteiger partial charge in [0.2, 0.25) is 0 Å². The third kappa shape index (κ3) is 73.5. The third-order valence-electron chi connectivity index (χ3n) is 16.1. The Bertz CT molecular complexity index is 2460. The van der Waals surface area contributed by atoms with Gasteiger partial charge >= 0.3 is 39.5 Å². The minimum atomic E-state index is -5.01. The van der Waals surface area contributed by atoms with Crippen LogP contribution < -0.4 is 0 Å². The van der Waals surface area contributed by atoms with Gasteiger partial charge in [-0.25, -0.2) is 9.13 Å². The van der Waals surface area contributed by atoms with E-state index >= 15 is 0 Å². The van der Waals surface area contributed by atoms with Crippen molar-refractivity contribution < 1.29 is 80.2 Å². The van der Waals surface area contributed by atoms with Crippen molar-refractivity contribution in [1.29, 1.82) is 0 Å². The summed E-state index contributed by atoms with van der Waals surface area (Å²) in [5, 5.41) is 10.6. The van der Waals surface area contributed by atoms with Crippen molar-refractivity contribution in [2.75, 3.05) is 39.6 Å². The van der Waals surface area contributed by atoms with Crippen LogP contribution in [0, 0.1) is 0 Å². The number of allylic oxidation sites excluding steroid dienone is 22. The molecule has 0 aromatic rings. The van der Waals surface area contributed by atoms with E-state index in [4.69, 9.17) is 37.0 Å². The van der Waals surface area contributed by atoms with Gasteiger partial charge in [-0.3, -0.25) is 37.3 Å². The molecule has 3 N–H and O–H groups in total. The van der Waals surface area contributed by atoms with Crippen molar-refractivity contribution in [3.63, 3.8) is 0 Å². The molecule has 0 saturated heterocycles. The van der Waals surface area contributed by atoms with Gasteiger partial charge in [0.15, 0.2) is 12.2 Å². The summed E-state index contributed by atoms with van der Waals surface area (Å²) in [5.41, 5.74) is 0. The smallest absolute Gasteiger partial charge is 0.462 e. The highest BCUT2D eigenvalue weighted by Crippen LogP contribution is 2.45. The van der Waals surface area contributed by atoms with E-state index < -0.39 is 97.5 Å². The molecule has 0 bridgehead atoms. The Morgan fingerprint density at radius 1 is 0.284 bits per heavy atom. The van der Waals surface area contributed by atoms with Crippen molar-refractivity contribution in [3.05, 3.63) is 134 Å². The van der Waals surface area contributed by atoms with Gasteiger partial charge in [-0.1, -0.05) is 290 Å². The lowest BCUT2D eigenvalue weighted by molar-refractivity contribution is -0.161. The zero-order valence-electron chi connectivity index (χ0n) is 63.7. The van der Waals surface area contributed by atoms with Crippen LogP contribution in [0.2, 0.25) is 0 Å². The molecule has 584 valence electrons. The van der Waals surface area contributed by atoms with E-state index in [1.165, 1.54) is 96.3 Å². The topological polar surface area (TPSA) is 237 Å². The maximum Gasteiger partial charge on any atom is 0.472 e. The van der Waals surface area contributed by atoms with Crippen molar-refractivity contribution in [2.24, 2.45) is 0 Å². The number of esters is 4. The summed E-state index contributed by atoms with van der Waals surface area (Å²) in [6.07, 6.45) is 83.1. The first-order valence-electron chi connectivity index (χ1n) is 39.4. The van der Waals surface area contributed by atoms with Crippen LogP contribution in [-0.4, -0.2) is 96.7 Å². The molecule has 17 nitrogen and oxygen atoms in total. The van der Waals surface area contributed by atoms with Gasteiger partial charge in [0.1, 0.15) is 19.3 Å². The van der Waals surface area contributed by atoms with Crippen LogP contribution in [0.15, 0.2) is 134 Å². The van der Waals surface area contributed by atoms with Crippen LogP contribution in [0.5, 0.6) is 0 Å². The first-order valence-corrected chi connectivity index (χ1v) is 42.4. The zero-order chi connectivity index (χ0) is 74.6. The number of carbonyl (C=O) groups is 4. The second-order valence-corrected chi connectivity index (χ2v) is 28.8. The van der Waals surface area contributed by atoms with E-state index in [1.807, 2.05) is 18.2 Å². The third-order valence-corrected chi connectivity index (χ3v) is 18.0. The highest BCUT2D eigenvalue weighted by atomic mass is 31.2. The van der Waals surface area contributed by atoms with Crippen molar-refractivity contribution in [2.45, 2.75) is 329 Å². The molecule has 0 aromatic carbocycles. The first-order chi connectivity index (χ1) is 49.7. The molecule has 0 aliphatic heterocycles. The molecule has 0 fully saturated rings. The Morgan fingerprint density at radius 3 is 0.882 bits per heavy atom. The predicted octanol–water partition coefficient (Wildman–Crippen LogP) is 22.9. The lowest BCUT2D eigenvalue weighted by Gasteiger charge is -2.21. The van der Waals surface area contributed by atoms with Gasteiger partial charge in [0, 0.05) is 25.7 Å². The summed E-state index contributed by atoms with van der Waals surface area (Å²) >= 11 is 0. The number of phosphoric acid groups is 2. The van der Waals surface area contributed by atoms with Crippen LogP contribution in [0.1, 0.15) is 310 Å². The molecular weight excluding hydrogens is 1330 g/mol. The van der Waals surface area contributed by atoms with Crippen LogP contribution in [0.25, 0.3) is 0 Å². The average molecular weight is 1470 g/mol. The summed E-state index contributed by atoms with van der Waals surface area (Å²) in [6.45, 7) is 4.50. The zero-order valence-corrected chi connectivity index (χ0v) is 65.5. The molecule has 5 unspecified atom stereocenters. The number of hydrogen-bond donors (Lipinski definition) is 3. The summed E-state index contributed by atoms with van der Waals surface area (Å²) < 4.78 is 68.4. The van der Waals surface area contributed by atoms with E-state index in [9.17, 15) is 43.2 Å². The minimum absolute atomic E-state index is 0.0233. The van der Waals surface area contributed by atoms with Gasteiger partial charge < -0.3 is 33.8 Å². The number of carbonyl (C=O) groups excluding carboxylic acids is 4. The van der Waals surface area contributed by atoms with E-state index in [0.717, 1.165) is 122 Å². The lowest BCUT2D eigenvalue weighted by Crippen LogP contribution is -2.30. The Labute approximate surface area is 618 Å². The first kappa shape index (κ1) is 97.2. The largest absolute Gasteiger partial charge is 0.472 e. The monoisotopic (exact) mass is 1470 g/mol. The molecule has 0 heterocycles. The van der Waals surface area contributed by atoms with Crippen molar-refractivity contribution >= 4 is 39.5 Å². The highest BCUT2D eigenvalue weighted by Gasteiger charge is 2.30. The standard InChI is InChI=1S/C83H140O17P2/c1-5-9-13-17-21-25-29-33-36-37-38-39-42-45-48-52-56-60-64-68-81(86)94-74-79(100-83(88)70-66-62-58-54-50-46-41-35-31-27-23-19-15-11-7-3)76-98-102(91,92)96-72-77(84)71-95-101(89,90)97-75-78(99-82(87)69-65-61-57-53-49-43-32-28-24-20-16-12-8-4)73-93-80(85)67-63-59-55-51-47-44-40-34-30-26-22-18-14-10-6-2/h9,11,13,15,21,23,25,27-28,32-33,35-36,38-39,41,45,48,50,54,56,60,77-79,84H,5-8,10,12,14,16-20,22,24,26,29-31,34,37,40,42-44,46-47,49,51-53,55,57-59,61-76H2,1-4H3,(H,89,90)(H,91,92)/b13-9-,15-11-,25-21-,27-23-,32-28-,36-33-,39-38-,41-35-,48-45-,54-50-,60-56-. The molecular formula is C83H140O17P2. The number of phosphoric ester groups is 2. The number of unbranched alkanes of at least 4 members (excludes halogenated alkanes) is 25. The number of aliphatic hydroxyl groups excluding tert-OH is 1. The second kappa shape index (κ2) is 74.5. The molecule has 5 atom stereocenters. The van der Waals surface area contributed by atoms with Gasteiger partial charge in [-0.05, 0) is 128 Å². The fourth-order valence-corrected chi connectivity index (χ4v) is 11.8. The van der Waals surface area contributed by atoms with Crippen LogP contribution >= 0.6 is 15.6 Å². The predicted molar refractivity (Wildman–Crippen MR) is 418 cm³/mol. The highest BCUT2D eigenvalue weighted by molar-refractivity contribution is 7.47. The van der Waals surface area contributed by atoms with Crippen LogP contribution in [-0.2, 0) is 65.4 Å². The van der Waals surface area contributed by atoms with Gasteiger partial charge in [-0.2, -0.15) is 0 Å². The second-order valence-electron chi connectivity index (χ2n) is 25.9. The van der Waals surface area contributed by atoms with E-state index in [-0.39, 0.29) is 25.7 Å². The number of aliphatic hydroxyl groups is 1. The van der Waals surface area contributed by atoms with Crippen molar-refractivity contribution in [1.82, 2.24) is 0 Å². The number of ether oxygens (including phenoxy) is 4. The molecule has 0 saturated carbocycles. The van der Waals surface area contributed by atoms with E-state index in [1.54, 1.807) is 0 Å². The maximum atomic E-state index is 13.1. The molecule has 102 heavy (non-hydrogen) atoms. The molecule has 0 spiro atoms. The molecule has 0 aliphatic carbocycles. The summed E-state index contributed by atoms with van der Waals surface area (Å²) in [6, 6.07) is 0. The summed E-state index contributed by atoms with van der Waals surface area (Å²) in [4.78, 5) is 72.9. The van der Waals surface area contributed by atoms with Crippen molar-refractivity contribution in [3.8, 4) is 0 Å². The van der Waals surface area contributed by atoms with Gasteiger partial charge in [-0.15, -0.1) is 0 Å². The van der Waals surface area contributed by atoms with Gasteiger partial charge in [0.25, 0.3) is 0 Å². The lowest BCUT2D eigenvalue weighted by atomic mass is 10.0. The Balaban J connectivity index is 5.45. The van der Waals surface area contributed by atoms with Crippen LogP contribution in [0.3, 0.4) is 0 Å². The molecule has 0 radical (unpaired) electrons. The van der Waals surface area contributed by atoms with E-state index in [0.29, 0.717) is 38.5 Å². The molecule has 0 rings (SSSR count). The Morgan fingerprint density at radius 2 is 0.529 bits per heavy atom. The molecule has 0 aliphatic rings. The van der Waals surface area contributed by atoms with E-state index in [2.05, 4.69) is 143 Å². The number of hydrogen-bond acceptors (Lipinski definition) is 15.